The summed E-state index contributed by atoms with van der Waals surface area (Å²) in [5.41, 5.74) is 2.62. The third-order valence-electron chi connectivity index (χ3n) is 2.97. The molecule has 2 rings (SSSR count). The van der Waals surface area contributed by atoms with Crippen LogP contribution >= 0.6 is 33.9 Å². The largest absolute Gasteiger partial charge is 0.497 e. The van der Waals surface area contributed by atoms with Gasteiger partial charge in [0.2, 0.25) is 0 Å². The molecule has 1 heterocycles. The lowest BCUT2D eigenvalue weighted by atomic mass is 10.0. The normalized spacial score (nSPS) is 12.4. The van der Waals surface area contributed by atoms with E-state index in [4.69, 9.17) is 4.74 Å². The standard InChI is InChI=1S/C15H18INOS/c1-3-8-17-15(12-9-14(16)19-10-12)11-4-6-13(18-2)7-5-11/h4-7,9-10,15,17H,3,8H2,1-2H3. The summed E-state index contributed by atoms with van der Waals surface area (Å²) in [4.78, 5) is 0. The van der Waals surface area contributed by atoms with Gasteiger partial charge in [-0.3, -0.25) is 0 Å². The van der Waals surface area contributed by atoms with Crippen LogP contribution in [0.3, 0.4) is 0 Å². The molecule has 0 saturated heterocycles. The van der Waals surface area contributed by atoms with Gasteiger partial charge in [-0.25, -0.2) is 0 Å². The summed E-state index contributed by atoms with van der Waals surface area (Å²) in [6.07, 6.45) is 1.13. The monoisotopic (exact) mass is 387 g/mol. The maximum atomic E-state index is 5.22. The highest BCUT2D eigenvalue weighted by molar-refractivity contribution is 14.1. The minimum absolute atomic E-state index is 0.269. The molecular formula is C15H18INOS. The van der Waals surface area contributed by atoms with Gasteiger partial charge in [0.1, 0.15) is 5.75 Å². The molecule has 2 aromatic rings. The fraction of sp³-hybridized carbons (Fsp3) is 0.333. The number of benzene rings is 1. The molecule has 4 heteroatoms. The van der Waals surface area contributed by atoms with Crippen molar-refractivity contribution in [3.8, 4) is 5.75 Å². The summed E-state index contributed by atoms with van der Waals surface area (Å²) in [5.74, 6) is 0.901. The topological polar surface area (TPSA) is 21.3 Å². The smallest absolute Gasteiger partial charge is 0.118 e. The number of hydrogen-bond acceptors (Lipinski definition) is 3. The van der Waals surface area contributed by atoms with E-state index in [1.54, 1.807) is 18.4 Å². The van der Waals surface area contributed by atoms with Crippen LogP contribution in [0.15, 0.2) is 35.7 Å². The van der Waals surface area contributed by atoms with E-state index in [1.807, 2.05) is 12.1 Å². The molecule has 2 nitrogen and oxygen atoms in total. The van der Waals surface area contributed by atoms with Crippen molar-refractivity contribution in [2.75, 3.05) is 13.7 Å². The minimum Gasteiger partial charge on any atom is -0.497 e. The minimum atomic E-state index is 0.269. The molecule has 102 valence electrons. The molecule has 0 spiro atoms. The van der Waals surface area contributed by atoms with E-state index in [1.165, 1.54) is 14.0 Å². The number of thiophene rings is 1. The molecule has 1 unspecified atom stereocenters. The van der Waals surface area contributed by atoms with Gasteiger partial charge in [0.25, 0.3) is 0 Å². The van der Waals surface area contributed by atoms with Crippen molar-refractivity contribution in [1.29, 1.82) is 0 Å². The summed E-state index contributed by atoms with van der Waals surface area (Å²) in [6, 6.07) is 10.8. The van der Waals surface area contributed by atoms with Gasteiger partial charge in [-0.15, -0.1) is 11.3 Å². The average Bonchev–Trinajstić information content (AvgIpc) is 2.86. The number of nitrogens with one attached hydrogen (secondary N) is 1. The molecule has 0 bridgehead atoms. The summed E-state index contributed by atoms with van der Waals surface area (Å²) >= 11 is 4.16. The zero-order valence-electron chi connectivity index (χ0n) is 11.2. The van der Waals surface area contributed by atoms with Crippen LogP contribution < -0.4 is 10.1 Å². The molecule has 1 aromatic heterocycles. The lowest BCUT2D eigenvalue weighted by Crippen LogP contribution is -2.22. The van der Waals surface area contributed by atoms with Crippen molar-refractivity contribution in [1.82, 2.24) is 5.32 Å². The lowest BCUT2D eigenvalue weighted by Gasteiger charge is -2.18. The molecule has 1 N–H and O–H groups in total. The highest BCUT2D eigenvalue weighted by atomic mass is 127. The molecule has 1 aromatic carbocycles. The number of ether oxygens (including phenoxy) is 1. The van der Waals surface area contributed by atoms with E-state index >= 15 is 0 Å². The Morgan fingerprint density at radius 1 is 1.26 bits per heavy atom. The van der Waals surface area contributed by atoms with Crippen LogP contribution in [0.25, 0.3) is 0 Å². The van der Waals surface area contributed by atoms with E-state index in [9.17, 15) is 0 Å². The maximum Gasteiger partial charge on any atom is 0.118 e. The number of halogens is 1. The Labute approximate surface area is 132 Å². The van der Waals surface area contributed by atoms with Crippen molar-refractivity contribution in [2.45, 2.75) is 19.4 Å². The van der Waals surface area contributed by atoms with Crippen molar-refractivity contribution in [2.24, 2.45) is 0 Å². The van der Waals surface area contributed by atoms with E-state index in [0.29, 0.717) is 0 Å². The number of hydrogen-bond donors (Lipinski definition) is 1. The van der Waals surface area contributed by atoms with Gasteiger partial charge in [-0.05, 0) is 70.3 Å². The van der Waals surface area contributed by atoms with Crippen molar-refractivity contribution >= 4 is 33.9 Å². The predicted molar refractivity (Wildman–Crippen MR) is 90.2 cm³/mol. The molecule has 1 atom stereocenters. The van der Waals surface area contributed by atoms with Gasteiger partial charge >= 0.3 is 0 Å². The Morgan fingerprint density at radius 2 is 2.00 bits per heavy atom. The van der Waals surface area contributed by atoms with Crippen molar-refractivity contribution in [3.63, 3.8) is 0 Å². The van der Waals surface area contributed by atoms with Gasteiger partial charge in [-0.1, -0.05) is 19.1 Å². The van der Waals surface area contributed by atoms with Gasteiger partial charge in [0.15, 0.2) is 0 Å². The quantitative estimate of drug-likeness (QED) is 0.740. The summed E-state index contributed by atoms with van der Waals surface area (Å²) < 4.78 is 6.54. The molecule has 0 saturated carbocycles. The first-order valence-corrected chi connectivity index (χ1v) is 8.31. The summed E-state index contributed by atoms with van der Waals surface area (Å²) in [5, 5.41) is 5.85. The maximum absolute atomic E-state index is 5.22. The molecule has 0 aliphatic carbocycles. The summed E-state index contributed by atoms with van der Waals surface area (Å²) in [6.45, 7) is 3.21. The van der Waals surface area contributed by atoms with Crippen LogP contribution in [0.1, 0.15) is 30.5 Å². The molecule has 0 fully saturated rings. The molecule has 0 aliphatic heterocycles. The second-order valence-electron chi connectivity index (χ2n) is 4.34. The highest BCUT2D eigenvalue weighted by Crippen LogP contribution is 2.28. The Hall–Kier alpha value is -0.590. The van der Waals surface area contributed by atoms with Crippen molar-refractivity contribution in [3.05, 3.63) is 49.7 Å². The van der Waals surface area contributed by atoms with E-state index in [2.05, 4.69) is 58.4 Å². The summed E-state index contributed by atoms with van der Waals surface area (Å²) in [7, 11) is 1.70. The van der Waals surface area contributed by atoms with E-state index in [0.717, 1.165) is 18.7 Å². The molecular weight excluding hydrogens is 369 g/mol. The second-order valence-corrected chi connectivity index (χ2v) is 7.15. The van der Waals surface area contributed by atoms with Crippen LogP contribution in [0.4, 0.5) is 0 Å². The molecule has 0 amide bonds. The Balaban J connectivity index is 2.25. The van der Waals surface area contributed by atoms with Crippen LogP contribution in [0.2, 0.25) is 0 Å². The first-order valence-electron chi connectivity index (χ1n) is 6.36. The van der Waals surface area contributed by atoms with E-state index < -0.39 is 0 Å². The lowest BCUT2D eigenvalue weighted by molar-refractivity contribution is 0.414. The van der Waals surface area contributed by atoms with Gasteiger partial charge in [0, 0.05) is 0 Å². The van der Waals surface area contributed by atoms with Crippen LogP contribution in [-0.2, 0) is 0 Å². The fourth-order valence-corrected chi connectivity index (χ4v) is 3.39. The third kappa shape index (κ3) is 3.94. The van der Waals surface area contributed by atoms with Gasteiger partial charge < -0.3 is 10.1 Å². The van der Waals surface area contributed by atoms with Crippen LogP contribution in [-0.4, -0.2) is 13.7 Å². The van der Waals surface area contributed by atoms with Crippen molar-refractivity contribution < 1.29 is 4.74 Å². The third-order valence-corrected chi connectivity index (χ3v) is 4.78. The Kier molecular flexibility index (Phi) is 5.66. The molecule has 19 heavy (non-hydrogen) atoms. The Morgan fingerprint density at radius 3 is 2.53 bits per heavy atom. The average molecular weight is 387 g/mol. The van der Waals surface area contributed by atoms with E-state index in [-0.39, 0.29) is 6.04 Å². The highest BCUT2D eigenvalue weighted by Gasteiger charge is 2.14. The van der Waals surface area contributed by atoms with Crippen LogP contribution in [0, 0.1) is 2.88 Å². The molecule has 0 aliphatic rings. The number of rotatable bonds is 6. The van der Waals surface area contributed by atoms with Gasteiger partial charge in [-0.2, -0.15) is 0 Å². The fourth-order valence-electron chi connectivity index (χ4n) is 1.99. The first-order chi connectivity index (χ1) is 9.24. The zero-order valence-corrected chi connectivity index (χ0v) is 14.1. The SMILES string of the molecule is CCCNC(c1ccc(OC)cc1)c1csc(I)c1. The Bertz CT molecular complexity index is 509. The molecule has 0 radical (unpaired) electrons. The predicted octanol–water partition coefficient (Wildman–Crippen LogP) is 4.45. The second kappa shape index (κ2) is 7.26. The van der Waals surface area contributed by atoms with Gasteiger partial charge in [0.05, 0.1) is 16.0 Å². The van der Waals surface area contributed by atoms with Crippen LogP contribution in [0.5, 0.6) is 5.75 Å². The first kappa shape index (κ1) is 14.8. The number of methoxy groups -OCH3 is 1. The zero-order chi connectivity index (χ0) is 13.7.